The molecule has 2 rings (SSSR count). The van der Waals surface area contributed by atoms with Crippen LogP contribution in [0.1, 0.15) is 40.3 Å². The third-order valence-electron chi connectivity index (χ3n) is 3.80. The van der Waals surface area contributed by atoms with Crippen LogP contribution in [0.5, 0.6) is 5.75 Å². The second kappa shape index (κ2) is 12.1. The van der Waals surface area contributed by atoms with Gasteiger partial charge in [0.2, 0.25) is 11.7 Å². The van der Waals surface area contributed by atoms with E-state index in [2.05, 4.69) is 4.98 Å². The van der Waals surface area contributed by atoms with E-state index in [1.165, 1.54) is 49.7 Å². The Balaban J connectivity index is 0.000000804. The highest BCUT2D eigenvalue weighted by atomic mass is 16.5. The van der Waals surface area contributed by atoms with Crippen LogP contribution in [0.4, 0.5) is 0 Å². The van der Waals surface area contributed by atoms with Crippen LogP contribution in [0, 0.1) is 5.92 Å². The summed E-state index contributed by atoms with van der Waals surface area (Å²) in [6.45, 7) is 5.67. The van der Waals surface area contributed by atoms with E-state index < -0.39 is 29.4 Å². The van der Waals surface area contributed by atoms with Gasteiger partial charge in [-0.2, -0.15) is 0 Å². The molecule has 30 heavy (non-hydrogen) atoms. The molecule has 0 amide bonds. The largest absolute Gasteiger partial charge is 0.497 e. The molecule has 0 saturated heterocycles. The maximum absolute atomic E-state index is 12.6. The minimum atomic E-state index is -2.31. The zero-order valence-corrected chi connectivity index (χ0v) is 16.8. The summed E-state index contributed by atoms with van der Waals surface area (Å²) in [5.41, 5.74) is -0.487. The van der Waals surface area contributed by atoms with Crippen molar-refractivity contribution in [3.8, 4) is 5.75 Å². The van der Waals surface area contributed by atoms with E-state index in [9.17, 15) is 19.2 Å². The zero-order valence-electron chi connectivity index (χ0n) is 16.8. The number of Topliss-reactive ketones (excluding diaryl/α,β-unsaturated/α-hetero) is 1. The van der Waals surface area contributed by atoms with Crippen molar-refractivity contribution in [2.45, 2.75) is 13.8 Å². The summed E-state index contributed by atoms with van der Waals surface area (Å²) < 4.78 is 9.82. The molecule has 1 aromatic carbocycles. The van der Waals surface area contributed by atoms with Crippen LogP contribution in [-0.2, 0) is 14.3 Å². The molecule has 0 atom stereocenters. The summed E-state index contributed by atoms with van der Waals surface area (Å²) in [6, 6.07) is 8.47. The van der Waals surface area contributed by atoms with Gasteiger partial charge in [0.15, 0.2) is 5.78 Å². The number of hydrogen-bond donors (Lipinski definition) is 2. The van der Waals surface area contributed by atoms with Gasteiger partial charge in [-0.05, 0) is 50.2 Å². The fraction of sp³-hybridized carbons (Fsp3) is 0.286. The predicted octanol–water partition coefficient (Wildman–Crippen LogP) is 2.33. The number of aromatic nitrogens is 1. The highest BCUT2D eigenvalue weighted by Gasteiger charge is 2.36. The number of carbonyl (C=O) groups is 4. The Morgan fingerprint density at radius 2 is 1.53 bits per heavy atom. The lowest BCUT2D eigenvalue weighted by atomic mass is 9.94. The van der Waals surface area contributed by atoms with Gasteiger partial charge in [0.05, 0.1) is 7.11 Å². The lowest BCUT2D eigenvalue weighted by Crippen LogP contribution is -2.32. The van der Waals surface area contributed by atoms with Crippen LogP contribution in [0.15, 0.2) is 42.6 Å². The Hall–Kier alpha value is -3.59. The van der Waals surface area contributed by atoms with Crippen LogP contribution in [0.25, 0.3) is 0 Å². The van der Waals surface area contributed by atoms with E-state index in [4.69, 9.17) is 19.7 Å². The molecule has 1 aromatic heterocycles. The van der Waals surface area contributed by atoms with E-state index in [-0.39, 0.29) is 16.8 Å². The van der Waals surface area contributed by atoms with E-state index >= 15 is 0 Å². The summed E-state index contributed by atoms with van der Waals surface area (Å²) in [6.07, 6.45) is 1.25. The summed E-state index contributed by atoms with van der Waals surface area (Å²) in [4.78, 5) is 50.8. The number of benzene rings is 1. The molecule has 0 aliphatic rings. The second-order valence-corrected chi connectivity index (χ2v) is 5.71. The summed E-state index contributed by atoms with van der Waals surface area (Å²) in [7, 11) is 1.46. The maximum Gasteiger partial charge on any atom is 0.325 e. The van der Waals surface area contributed by atoms with Gasteiger partial charge >= 0.3 is 11.9 Å². The Labute approximate surface area is 173 Å². The molecule has 2 aromatic rings. The smallest absolute Gasteiger partial charge is 0.325 e. The molecule has 0 saturated carbocycles. The topological polar surface area (TPSA) is 140 Å². The van der Waals surface area contributed by atoms with Gasteiger partial charge in [-0.3, -0.25) is 24.2 Å². The van der Waals surface area contributed by atoms with Crippen LogP contribution >= 0.6 is 0 Å². The number of carbonyl (C=O) groups excluding carboxylic acids is 2. The third kappa shape index (κ3) is 6.49. The molecular weight excluding hydrogens is 394 g/mol. The van der Waals surface area contributed by atoms with Gasteiger partial charge < -0.3 is 19.7 Å². The Bertz CT molecular complexity index is 876. The van der Waals surface area contributed by atoms with Crippen molar-refractivity contribution in [1.82, 2.24) is 4.98 Å². The van der Waals surface area contributed by atoms with Crippen molar-refractivity contribution < 1.29 is 38.9 Å². The monoisotopic (exact) mass is 417 g/mol. The maximum atomic E-state index is 12.6. The van der Waals surface area contributed by atoms with Crippen molar-refractivity contribution in [1.29, 1.82) is 0 Å². The molecule has 9 heteroatoms. The molecule has 0 radical (unpaired) electrons. The van der Waals surface area contributed by atoms with Crippen LogP contribution in [0.3, 0.4) is 0 Å². The average Bonchev–Trinajstić information content (AvgIpc) is 2.73. The standard InChI is InChI=1S/C17H13NO7.C4H10O/c1-25-10-6-4-9(5-7-10)14(19)13-11(3-2-8-18-13)15(20)12(16(21)22)17(23)24;1-3-5-4-2/h2-8,12H,1H3,(H,21,22)(H,23,24);3-4H2,1-2H3. The van der Waals surface area contributed by atoms with Gasteiger partial charge in [-0.15, -0.1) is 0 Å². The number of pyridine rings is 1. The van der Waals surface area contributed by atoms with Crippen LogP contribution < -0.4 is 4.74 Å². The number of nitrogens with zero attached hydrogens (tertiary/aromatic N) is 1. The minimum Gasteiger partial charge on any atom is -0.497 e. The Kier molecular flexibility index (Phi) is 9.84. The van der Waals surface area contributed by atoms with Crippen molar-refractivity contribution >= 4 is 23.5 Å². The van der Waals surface area contributed by atoms with Gasteiger partial charge in [0.1, 0.15) is 11.4 Å². The lowest BCUT2D eigenvalue weighted by Gasteiger charge is -2.10. The van der Waals surface area contributed by atoms with Crippen molar-refractivity contribution in [3.05, 3.63) is 59.4 Å². The Morgan fingerprint density at radius 1 is 0.967 bits per heavy atom. The number of carboxylic acid groups (broad SMARTS) is 2. The minimum absolute atomic E-state index is 0.191. The first kappa shape index (κ1) is 24.4. The van der Waals surface area contributed by atoms with E-state index in [1.54, 1.807) is 0 Å². The van der Waals surface area contributed by atoms with Crippen molar-refractivity contribution in [2.24, 2.45) is 5.92 Å². The number of methoxy groups -OCH3 is 1. The Morgan fingerprint density at radius 3 is 1.97 bits per heavy atom. The van der Waals surface area contributed by atoms with Crippen molar-refractivity contribution in [2.75, 3.05) is 20.3 Å². The number of carboxylic acids is 2. The first-order chi connectivity index (χ1) is 14.3. The van der Waals surface area contributed by atoms with E-state index in [1.807, 2.05) is 13.8 Å². The SMILES string of the molecule is CCOCC.COc1ccc(C(=O)c2ncccc2C(=O)C(C(=O)O)C(=O)O)cc1. The highest BCUT2D eigenvalue weighted by molar-refractivity contribution is 6.23. The molecule has 0 bridgehead atoms. The summed E-state index contributed by atoms with van der Waals surface area (Å²) >= 11 is 0. The molecule has 2 N–H and O–H groups in total. The average molecular weight is 417 g/mol. The zero-order chi connectivity index (χ0) is 22.7. The van der Waals surface area contributed by atoms with Crippen LogP contribution in [0.2, 0.25) is 0 Å². The lowest BCUT2D eigenvalue weighted by molar-refractivity contribution is -0.151. The third-order valence-corrected chi connectivity index (χ3v) is 3.80. The molecular formula is C21H23NO8. The molecule has 0 aliphatic carbocycles. The predicted molar refractivity (Wildman–Crippen MR) is 106 cm³/mol. The molecule has 0 spiro atoms. The molecule has 160 valence electrons. The number of ketones is 2. The molecule has 0 unspecified atom stereocenters. The molecule has 9 nitrogen and oxygen atoms in total. The van der Waals surface area contributed by atoms with Gasteiger partial charge in [-0.1, -0.05) is 0 Å². The number of ether oxygens (including phenoxy) is 2. The number of rotatable bonds is 9. The van der Waals surface area contributed by atoms with Crippen LogP contribution in [-0.4, -0.2) is 59.0 Å². The summed E-state index contributed by atoms with van der Waals surface area (Å²) in [5.74, 6) is -7.28. The first-order valence-corrected chi connectivity index (χ1v) is 8.99. The molecule has 0 fully saturated rings. The quantitative estimate of drug-likeness (QED) is 0.464. The van der Waals surface area contributed by atoms with E-state index in [0.717, 1.165) is 13.2 Å². The first-order valence-electron chi connectivity index (χ1n) is 8.99. The number of aliphatic carboxylic acids is 2. The fourth-order valence-corrected chi connectivity index (χ4v) is 2.35. The molecule has 0 aliphatic heterocycles. The van der Waals surface area contributed by atoms with Gasteiger partial charge in [-0.25, -0.2) is 0 Å². The van der Waals surface area contributed by atoms with E-state index in [0.29, 0.717) is 5.75 Å². The normalized spacial score (nSPS) is 10.0. The van der Waals surface area contributed by atoms with Crippen molar-refractivity contribution in [3.63, 3.8) is 0 Å². The van der Waals surface area contributed by atoms with Gasteiger partial charge in [0, 0.05) is 30.5 Å². The molecule has 1 heterocycles. The fourth-order valence-electron chi connectivity index (χ4n) is 2.35. The van der Waals surface area contributed by atoms with Gasteiger partial charge in [0.25, 0.3) is 0 Å². The summed E-state index contributed by atoms with van der Waals surface area (Å²) in [5, 5.41) is 17.9. The number of hydrogen-bond acceptors (Lipinski definition) is 7. The highest BCUT2D eigenvalue weighted by Crippen LogP contribution is 2.19. The second-order valence-electron chi connectivity index (χ2n) is 5.71.